The van der Waals surface area contributed by atoms with Gasteiger partial charge in [0.15, 0.2) is 0 Å². The monoisotopic (exact) mass is 416 g/mol. The van der Waals surface area contributed by atoms with E-state index in [0.717, 1.165) is 7.11 Å². The Morgan fingerprint density at radius 1 is 1.04 bits per heavy atom. The topological polar surface area (TPSA) is 76.7 Å². The largest absolute Gasteiger partial charge is 0.464 e. The third kappa shape index (κ3) is 4.48. The summed E-state index contributed by atoms with van der Waals surface area (Å²) in [5.74, 6) is -2.15. The number of halogens is 4. The second-order valence-corrected chi connectivity index (χ2v) is 5.98. The molecule has 28 heavy (non-hydrogen) atoms. The van der Waals surface area contributed by atoms with Gasteiger partial charge in [0, 0.05) is 10.7 Å². The molecule has 0 heterocycles. The highest BCUT2D eigenvalue weighted by molar-refractivity contribution is 6.31. The third-order valence-electron chi connectivity index (χ3n) is 3.69. The number of hydrogen-bond acceptors (Lipinski definition) is 4. The van der Waals surface area contributed by atoms with Gasteiger partial charge in [0.05, 0.1) is 7.11 Å². The lowest BCUT2D eigenvalue weighted by atomic mass is 10.2. The molecule has 2 aromatic rings. The first-order chi connectivity index (χ1) is 13.1. The minimum absolute atomic E-state index is 0.158. The first-order valence-corrected chi connectivity index (χ1v) is 8.22. The van der Waals surface area contributed by atoms with E-state index in [-0.39, 0.29) is 11.4 Å². The van der Waals surface area contributed by atoms with Crippen molar-refractivity contribution in [2.45, 2.75) is 18.8 Å². The summed E-state index contributed by atoms with van der Waals surface area (Å²) in [6.45, 7) is 1.57. The number of rotatable bonds is 5. The molecule has 0 radical (unpaired) electrons. The summed E-state index contributed by atoms with van der Waals surface area (Å²) in [6.07, 6.45) is -5.34. The number of nitrogens with one attached hydrogen (secondary N) is 2. The fourth-order valence-corrected chi connectivity index (χ4v) is 2.40. The second-order valence-electron chi connectivity index (χ2n) is 5.58. The van der Waals surface area contributed by atoms with Crippen LogP contribution in [0.2, 0.25) is 5.02 Å². The second kappa shape index (κ2) is 8.39. The van der Waals surface area contributed by atoms with Gasteiger partial charge in [-0.3, -0.25) is 5.32 Å². The Labute approximate surface area is 163 Å². The molecule has 6 nitrogen and oxygen atoms in total. The quantitative estimate of drug-likeness (QED) is 0.563. The van der Waals surface area contributed by atoms with Gasteiger partial charge in [-0.1, -0.05) is 35.9 Å². The minimum atomic E-state index is -5.34. The maximum atomic E-state index is 13.9. The summed E-state index contributed by atoms with van der Waals surface area (Å²) < 4.78 is 50.7. The maximum absolute atomic E-state index is 13.9. The van der Waals surface area contributed by atoms with Gasteiger partial charge in [0.1, 0.15) is 5.75 Å². The molecule has 2 amide bonds. The molecular weight excluding hydrogens is 401 g/mol. The van der Waals surface area contributed by atoms with Gasteiger partial charge in [0.25, 0.3) is 0 Å². The van der Waals surface area contributed by atoms with Crippen molar-refractivity contribution in [3.63, 3.8) is 0 Å². The van der Waals surface area contributed by atoms with Crippen molar-refractivity contribution in [2.75, 3.05) is 12.4 Å². The molecule has 0 aliphatic carbocycles. The first kappa shape index (κ1) is 21.4. The van der Waals surface area contributed by atoms with Crippen molar-refractivity contribution in [1.29, 1.82) is 0 Å². The number of benzene rings is 2. The molecule has 0 saturated carbocycles. The number of carbonyl (C=O) groups excluding carboxylic acids is 2. The van der Waals surface area contributed by atoms with Crippen LogP contribution >= 0.6 is 11.6 Å². The predicted molar refractivity (Wildman–Crippen MR) is 96.2 cm³/mol. The minimum Gasteiger partial charge on any atom is -0.464 e. The molecule has 2 aromatic carbocycles. The highest BCUT2D eigenvalue weighted by Gasteiger charge is 2.66. The van der Waals surface area contributed by atoms with E-state index in [2.05, 4.69) is 10.1 Å². The van der Waals surface area contributed by atoms with Gasteiger partial charge in [-0.2, -0.15) is 13.2 Å². The number of anilines is 1. The zero-order valence-electron chi connectivity index (χ0n) is 14.8. The van der Waals surface area contributed by atoms with E-state index in [9.17, 15) is 22.8 Å². The van der Waals surface area contributed by atoms with Gasteiger partial charge in [-0.15, -0.1) is 0 Å². The summed E-state index contributed by atoms with van der Waals surface area (Å²) in [5.41, 5.74) is -3.18. The molecule has 0 aliphatic rings. The van der Waals surface area contributed by atoms with E-state index in [1.165, 1.54) is 36.4 Å². The Morgan fingerprint density at radius 3 is 2.25 bits per heavy atom. The van der Waals surface area contributed by atoms with Gasteiger partial charge < -0.3 is 14.8 Å². The van der Waals surface area contributed by atoms with Crippen molar-refractivity contribution in [3.05, 3.63) is 59.1 Å². The van der Waals surface area contributed by atoms with Crippen LogP contribution in [-0.2, 0) is 9.53 Å². The summed E-state index contributed by atoms with van der Waals surface area (Å²) >= 11 is 5.93. The average Bonchev–Trinajstić information content (AvgIpc) is 2.64. The smallest absolute Gasteiger partial charge is 0.460 e. The van der Waals surface area contributed by atoms with E-state index in [1.54, 1.807) is 24.4 Å². The Hall–Kier alpha value is -2.94. The molecule has 0 aromatic heterocycles. The molecule has 0 bridgehead atoms. The Balaban J connectivity index is 2.39. The number of esters is 1. The van der Waals surface area contributed by atoms with Crippen LogP contribution in [0.3, 0.4) is 0 Å². The SMILES string of the molecule is COC(=O)C(NC(=O)Nc1cccc(Cl)c1C)(Oc1ccccc1)C(F)(F)F. The number of hydrogen-bond donors (Lipinski definition) is 2. The van der Waals surface area contributed by atoms with Gasteiger partial charge in [0.2, 0.25) is 0 Å². The number of ether oxygens (including phenoxy) is 2. The molecule has 1 atom stereocenters. The number of alkyl halides is 3. The fourth-order valence-electron chi connectivity index (χ4n) is 2.23. The average molecular weight is 417 g/mol. The number of carbonyl (C=O) groups is 2. The van der Waals surface area contributed by atoms with Crippen molar-refractivity contribution < 1.29 is 32.2 Å². The van der Waals surface area contributed by atoms with Crippen molar-refractivity contribution in [1.82, 2.24) is 5.32 Å². The number of urea groups is 1. The standard InChI is InChI=1S/C18H16ClF3N2O4/c1-11-13(19)9-6-10-14(11)23-16(26)24-17(15(25)27-2,18(20,21)22)28-12-7-4-3-5-8-12/h3-10H,1-2H3,(H2,23,24,26). The molecule has 150 valence electrons. The van der Waals surface area contributed by atoms with Crippen LogP contribution in [0.1, 0.15) is 5.56 Å². The predicted octanol–water partition coefficient (Wildman–Crippen LogP) is 4.28. The number of amides is 2. The zero-order chi connectivity index (χ0) is 20.9. The zero-order valence-corrected chi connectivity index (χ0v) is 15.5. The molecule has 10 heteroatoms. The van der Waals surface area contributed by atoms with Crippen LogP contribution in [0, 0.1) is 6.92 Å². The van der Waals surface area contributed by atoms with Gasteiger partial charge >= 0.3 is 23.9 Å². The fraction of sp³-hybridized carbons (Fsp3) is 0.222. The summed E-state index contributed by atoms with van der Waals surface area (Å²) in [6, 6.07) is 9.90. The van der Waals surface area contributed by atoms with Crippen LogP contribution < -0.4 is 15.4 Å². The lowest BCUT2D eigenvalue weighted by Crippen LogP contribution is -2.68. The van der Waals surface area contributed by atoms with E-state index < -0.39 is 23.9 Å². The molecule has 2 N–H and O–H groups in total. The van der Waals surface area contributed by atoms with E-state index in [1.807, 2.05) is 0 Å². The highest BCUT2D eigenvalue weighted by Crippen LogP contribution is 2.34. The van der Waals surface area contributed by atoms with E-state index >= 15 is 0 Å². The molecular formula is C18H16ClF3N2O4. The Kier molecular flexibility index (Phi) is 6.40. The summed E-state index contributed by atoms with van der Waals surface area (Å²) in [5, 5.41) is 4.07. The lowest BCUT2D eigenvalue weighted by molar-refractivity contribution is -0.258. The highest BCUT2D eigenvalue weighted by atomic mass is 35.5. The van der Waals surface area contributed by atoms with Crippen LogP contribution in [0.15, 0.2) is 48.5 Å². The van der Waals surface area contributed by atoms with Gasteiger partial charge in [-0.05, 0) is 36.8 Å². The Bertz CT molecular complexity index is 862. The van der Waals surface area contributed by atoms with Crippen molar-refractivity contribution in [2.24, 2.45) is 0 Å². The van der Waals surface area contributed by atoms with Crippen molar-refractivity contribution in [3.8, 4) is 5.75 Å². The summed E-state index contributed by atoms with van der Waals surface area (Å²) in [7, 11) is 0.748. The molecule has 0 fully saturated rings. The third-order valence-corrected chi connectivity index (χ3v) is 4.10. The van der Waals surface area contributed by atoms with Crippen molar-refractivity contribution >= 4 is 29.3 Å². The molecule has 0 aliphatic heterocycles. The van der Waals surface area contributed by atoms with Crippen LogP contribution in [0.5, 0.6) is 5.75 Å². The number of methoxy groups -OCH3 is 1. The van der Waals surface area contributed by atoms with Crippen LogP contribution in [0.4, 0.5) is 23.7 Å². The molecule has 0 spiro atoms. The first-order valence-electron chi connectivity index (χ1n) is 7.84. The van der Waals surface area contributed by atoms with E-state index in [0.29, 0.717) is 10.6 Å². The maximum Gasteiger partial charge on any atom is 0.460 e. The lowest BCUT2D eigenvalue weighted by Gasteiger charge is -2.33. The normalized spacial score (nSPS) is 13.2. The van der Waals surface area contributed by atoms with Crippen LogP contribution in [0.25, 0.3) is 0 Å². The number of para-hydroxylation sites is 1. The molecule has 2 rings (SSSR count). The molecule has 0 saturated heterocycles. The molecule has 1 unspecified atom stereocenters. The Morgan fingerprint density at radius 2 is 1.68 bits per heavy atom. The van der Waals surface area contributed by atoms with Gasteiger partial charge in [-0.25, -0.2) is 9.59 Å². The summed E-state index contributed by atoms with van der Waals surface area (Å²) in [4.78, 5) is 24.4. The van der Waals surface area contributed by atoms with Crippen LogP contribution in [-0.4, -0.2) is 31.0 Å². The van der Waals surface area contributed by atoms with E-state index in [4.69, 9.17) is 16.3 Å².